The van der Waals surface area contributed by atoms with Gasteiger partial charge in [0.25, 0.3) is 0 Å². The van der Waals surface area contributed by atoms with Crippen LogP contribution in [0, 0.1) is 6.92 Å². The molecule has 0 aliphatic carbocycles. The topological polar surface area (TPSA) is 62.5 Å². The van der Waals surface area contributed by atoms with E-state index >= 15 is 0 Å². The van der Waals surface area contributed by atoms with Crippen molar-refractivity contribution in [3.8, 4) is 0 Å². The van der Waals surface area contributed by atoms with E-state index in [4.69, 9.17) is 9.52 Å². The molecule has 0 amide bonds. The molecular formula is C13H15NO3S. The van der Waals surface area contributed by atoms with Crippen LogP contribution in [-0.4, -0.2) is 11.1 Å². The van der Waals surface area contributed by atoms with Crippen molar-refractivity contribution in [1.82, 2.24) is 5.32 Å². The van der Waals surface area contributed by atoms with Crippen molar-refractivity contribution in [2.24, 2.45) is 0 Å². The summed E-state index contributed by atoms with van der Waals surface area (Å²) in [7, 11) is 0. The van der Waals surface area contributed by atoms with Gasteiger partial charge < -0.3 is 14.8 Å². The van der Waals surface area contributed by atoms with Crippen LogP contribution in [0.2, 0.25) is 0 Å². The summed E-state index contributed by atoms with van der Waals surface area (Å²) >= 11 is 1.25. The molecule has 0 aliphatic rings. The largest absolute Gasteiger partial charge is 0.477 e. The molecule has 0 radical (unpaired) electrons. The quantitative estimate of drug-likeness (QED) is 0.871. The van der Waals surface area contributed by atoms with Crippen LogP contribution in [0.3, 0.4) is 0 Å². The minimum Gasteiger partial charge on any atom is -0.477 e. The van der Waals surface area contributed by atoms with Gasteiger partial charge in [0.05, 0.1) is 6.04 Å². The maximum atomic E-state index is 11.0. The Kier molecular flexibility index (Phi) is 3.84. The molecule has 1 atom stereocenters. The summed E-state index contributed by atoms with van der Waals surface area (Å²) in [5.74, 6) is 0.864. The van der Waals surface area contributed by atoms with Gasteiger partial charge in [0.15, 0.2) is 0 Å². The average Bonchev–Trinajstić information content (AvgIpc) is 2.94. The first kappa shape index (κ1) is 12.9. The minimum absolute atomic E-state index is 0.0558. The molecule has 18 heavy (non-hydrogen) atoms. The van der Waals surface area contributed by atoms with Gasteiger partial charge in [0, 0.05) is 6.54 Å². The Morgan fingerprint density at radius 3 is 2.89 bits per heavy atom. The molecule has 0 fully saturated rings. The Bertz CT molecular complexity index is 544. The number of aromatic carboxylic acids is 1. The molecule has 0 aromatic carbocycles. The Morgan fingerprint density at radius 2 is 2.28 bits per heavy atom. The van der Waals surface area contributed by atoms with E-state index in [1.807, 2.05) is 32.0 Å². The van der Waals surface area contributed by atoms with Crippen LogP contribution >= 0.6 is 11.3 Å². The van der Waals surface area contributed by atoms with Crippen LogP contribution in [0.15, 0.2) is 28.0 Å². The fourth-order valence-electron chi connectivity index (χ4n) is 1.71. The lowest BCUT2D eigenvalue weighted by Gasteiger charge is -2.11. The normalized spacial score (nSPS) is 12.6. The number of carboxylic acids is 1. The summed E-state index contributed by atoms with van der Waals surface area (Å²) in [4.78, 5) is 11.4. The van der Waals surface area contributed by atoms with Crippen molar-refractivity contribution in [3.63, 3.8) is 0 Å². The third kappa shape index (κ3) is 2.80. The lowest BCUT2D eigenvalue weighted by molar-refractivity contribution is 0.0701. The van der Waals surface area contributed by atoms with Crippen molar-refractivity contribution < 1.29 is 14.3 Å². The highest BCUT2D eigenvalue weighted by Crippen LogP contribution is 2.19. The number of furan rings is 1. The number of carboxylic acid groups (broad SMARTS) is 1. The van der Waals surface area contributed by atoms with Crippen LogP contribution in [-0.2, 0) is 6.54 Å². The molecule has 5 heteroatoms. The molecule has 2 aromatic rings. The van der Waals surface area contributed by atoms with Gasteiger partial charge in [0.2, 0.25) is 0 Å². The first-order chi connectivity index (χ1) is 8.58. The molecule has 0 spiro atoms. The van der Waals surface area contributed by atoms with Crippen LogP contribution in [0.1, 0.15) is 39.7 Å². The number of nitrogens with one attached hydrogen (secondary N) is 1. The van der Waals surface area contributed by atoms with E-state index in [2.05, 4.69) is 5.32 Å². The zero-order valence-corrected chi connectivity index (χ0v) is 11.1. The molecule has 1 unspecified atom stereocenters. The SMILES string of the molecule is Cc1ccc(C(C)NCc2ccsc2C(=O)O)o1. The van der Waals surface area contributed by atoms with Gasteiger partial charge in [0.1, 0.15) is 16.4 Å². The summed E-state index contributed by atoms with van der Waals surface area (Å²) in [6.07, 6.45) is 0. The fraction of sp³-hybridized carbons (Fsp3) is 0.308. The Balaban J connectivity index is 1.99. The zero-order valence-electron chi connectivity index (χ0n) is 10.3. The summed E-state index contributed by atoms with van der Waals surface area (Å²) in [5, 5.41) is 14.1. The number of hydrogen-bond donors (Lipinski definition) is 2. The van der Waals surface area contributed by atoms with Crippen LogP contribution in [0.25, 0.3) is 0 Å². The Labute approximate surface area is 109 Å². The molecule has 2 heterocycles. The summed E-state index contributed by atoms with van der Waals surface area (Å²) in [6.45, 7) is 4.41. The second-order valence-corrected chi connectivity index (χ2v) is 5.05. The maximum Gasteiger partial charge on any atom is 0.346 e. The lowest BCUT2D eigenvalue weighted by atomic mass is 10.2. The third-order valence-corrected chi connectivity index (χ3v) is 3.67. The van der Waals surface area contributed by atoms with Crippen molar-refractivity contribution in [3.05, 3.63) is 45.5 Å². The molecular weight excluding hydrogens is 250 g/mol. The minimum atomic E-state index is -0.872. The van der Waals surface area contributed by atoms with E-state index in [1.165, 1.54) is 11.3 Å². The van der Waals surface area contributed by atoms with Gasteiger partial charge in [-0.1, -0.05) is 0 Å². The molecule has 0 saturated heterocycles. The van der Waals surface area contributed by atoms with E-state index < -0.39 is 5.97 Å². The number of rotatable bonds is 5. The second kappa shape index (κ2) is 5.37. The highest BCUT2D eigenvalue weighted by atomic mass is 32.1. The predicted molar refractivity (Wildman–Crippen MR) is 70.0 cm³/mol. The van der Waals surface area contributed by atoms with E-state index in [-0.39, 0.29) is 6.04 Å². The average molecular weight is 265 g/mol. The summed E-state index contributed by atoms with van der Waals surface area (Å²) in [6, 6.07) is 5.74. The molecule has 2 aromatic heterocycles. The maximum absolute atomic E-state index is 11.0. The third-order valence-electron chi connectivity index (χ3n) is 2.73. The Hall–Kier alpha value is -1.59. The molecule has 2 rings (SSSR count). The standard InChI is InChI=1S/C13H15NO3S/c1-8-3-4-11(17-8)9(2)14-7-10-5-6-18-12(10)13(15)16/h3-6,9,14H,7H2,1-2H3,(H,15,16). The van der Waals surface area contributed by atoms with Crippen molar-refractivity contribution >= 4 is 17.3 Å². The van der Waals surface area contributed by atoms with Crippen molar-refractivity contribution in [1.29, 1.82) is 0 Å². The smallest absolute Gasteiger partial charge is 0.346 e. The second-order valence-electron chi connectivity index (χ2n) is 4.13. The van der Waals surface area contributed by atoms with Crippen LogP contribution < -0.4 is 5.32 Å². The molecule has 4 nitrogen and oxygen atoms in total. The number of hydrogen-bond acceptors (Lipinski definition) is 4. The first-order valence-corrected chi connectivity index (χ1v) is 6.55. The molecule has 0 bridgehead atoms. The molecule has 0 aliphatic heterocycles. The van der Waals surface area contributed by atoms with Gasteiger partial charge >= 0.3 is 5.97 Å². The van der Waals surface area contributed by atoms with E-state index in [0.717, 1.165) is 17.1 Å². The highest BCUT2D eigenvalue weighted by Gasteiger charge is 2.14. The molecule has 0 saturated carbocycles. The highest BCUT2D eigenvalue weighted by molar-refractivity contribution is 7.12. The summed E-state index contributed by atoms with van der Waals surface area (Å²) in [5.41, 5.74) is 0.808. The molecule has 96 valence electrons. The Morgan fingerprint density at radius 1 is 1.50 bits per heavy atom. The lowest BCUT2D eigenvalue weighted by Crippen LogP contribution is -2.18. The number of thiophene rings is 1. The zero-order chi connectivity index (χ0) is 13.1. The van der Waals surface area contributed by atoms with E-state index in [9.17, 15) is 4.79 Å². The van der Waals surface area contributed by atoms with Crippen molar-refractivity contribution in [2.75, 3.05) is 0 Å². The first-order valence-electron chi connectivity index (χ1n) is 5.67. The number of carbonyl (C=O) groups is 1. The monoisotopic (exact) mass is 265 g/mol. The van der Waals surface area contributed by atoms with Crippen LogP contribution in [0.5, 0.6) is 0 Å². The predicted octanol–water partition coefficient (Wildman–Crippen LogP) is 3.20. The van der Waals surface area contributed by atoms with Gasteiger partial charge in [-0.2, -0.15) is 0 Å². The molecule has 2 N–H and O–H groups in total. The van der Waals surface area contributed by atoms with Gasteiger partial charge in [-0.05, 0) is 43.0 Å². The van der Waals surface area contributed by atoms with Gasteiger partial charge in [-0.3, -0.25) is 0 Å². The van der Waals surface area contributed by atoms with Gasteiger partial charge in [-0.15, -0.1) is 11.3 Å². The van der Waals surface area contributed by atoms with Crippen LogP contribution in [0.4, 0.5) is 0 Å². The van der Waals surface area contributed by atoms with E-state index in [1.54, 1.807) is 5.38 Å². The van der Waals surface area contributed by atoms with Crippen molar-refractivity contribution in [2.45, 2.75) is 26.4 Å². The number of aryl methyl sites for hydroxylation is 1. The van der Waals surface area contributed by atoms with Gasteiger partial charge in [-0.25, -0.2) is 4.79 Å². The van der Waals surface area contributed by atoms with E-state index in [0.29, 0.717) is 11.4 Å². The summed E-state index contributed by atoms with van der Waals surface area (Å²) < 4.78 is 5.52. The fourth-order valence-corrected chi connectivity index (χ4v) is 2.47.